The Morgan fingerprint density at radius 1 is 1.08 bits per heavy atom. The quantitative estimate of drug-likeness (QED) is 0.324. The van der Waals surface area contributed by atoms with Crippen LogP contribution in [0.15, 0.2) is 72.9 Å². The summed E-state index contributed by atoms with van der Waals surface area (Å²) < 4.78 is 9.70. The van der Waals surface area contributed by atoms with Gasteiger partial charge in [-0.15, -0.1) is 0 Å². The van der Waals surface area contributed by atoms with Gasteiger partial charge < -0.3 is 19.5 Å². The summed E-state index contributed by atoms with van der Waals surface area (Å²) >= 11 is 0. The van der Waals surface area contributed by atoms with Crippen molar-refractivity contribution >= 4 is 6.03 Å². The van der Waals surface area contributed by atoms with Crippen molar-refractivity contribution in [3.63, 3.8) is 0 Å². The Morgan fingerprint density at radius 2 is 1.92 bits per heavy atom. The van der Waals surface area contributed by atoms with E-state index in [-0.39, 0.29) is 12.1 Å². The minimum atomic E-state index is -0.247. The third kappa shape index (κ3) is 4.91. The summed E-state index contributed by atoms with van der Waals surface area (Å²) in [5.74, 6) is 0.993. The van der Waals surface area contributed by atoms with Crippen LogP contribution in [-0.4, -0.2) is 45.0 Å². The molecule has 2 aromatic heterocycles. The molecule has 0 spiro atoms. The number of amides is 2. The topological polar surface area (TPSA) is 64.3 Å². The minimum absolute atomic E-state index is 0.0851. The van der Waals surface area contributed by atoms with Crippen LogP contribution in [0.4, 0.5) is 4.79 Å². The van der Waals surface area contributed by atoms with Crippen molar-refractivity contribution in [1.29, 1.82) is 0 Å². The van der Waals surface area contributed by atoms with E-state index in [1.165, 1.54) is 5.56 Å². The molecule has 1 atom stereocenters. The average Bonchev–Trinajstić information content (AvgIpc) is 3.50. The van der Waals surface area contributed by atoms with Crippen LogP contribution < -0.4 is 5.32 Å². The van der Waals surface area contributed by atoms with E-state index in [1.807, 2.05) is 34.7 Å². The maximum atomic E-state index is 13.8. The van der Waals surface area contributed by atoms with E-state index in [0.717, 1.165) is 46.9 Å². The van der Waals surface area contributed by atoms with Crippen LogP contribution in [-0.2, 0) is 17.7 Å². The lowest BCUT2D eigenvalue weighted by atomic mass is 10.00. The van der Waals surface area contributed by atoms with Crippen molar-refractivity contribution in [3.05, 3.63) is 101 Å². The van der Waals surface area contributed by atoms with Crippen molar-refractivity contribution in [2.75, 3.05) is 19.8 Å². The number of aryl methyl sites for hydroxylation is 2. The number of ether oxygens (including phenoxy) is 1. The molecule has 37 heavy (non-hydrogen) atoms. The number of carbonyl (C=O) groups excluding carboxylic acids is 1. The molecule has 2 aromatic carbocycles. The number of urea groups is 1. The second-order valence-electron chi connectivity index (χ2n) is 9.38. The molecule has 1 aliphatic rings. The molecule has 1 aliphatic heterocycles. The lowest BCUT2D eigenvalue weighted by Crippen LogP contribution is -2.42. The molecule has 0 aliphatic carbocycles. The van der Waals surface area contributed by atoms with E-state index in [4.69, 9.17) is 9.84 Å². The van der Waals surface area contributed by atoms with Gasteiger partial charge in [-0.1, -0.05) is 55.0 Å². The van der Waals surface area contributed by atoms with Gasteiger partial charge in [0.25, 0.3) is 0 Å². The van der Waals surface area contributed by atoms with Gasteiger partial charge in [0, 0.05) is 31.5 Å². The molecule has 5 rings (SSSR count). The number of hydrogen-bond donors (Lipinski definition) is 1. The van der Waals surface area contributed by atoms with Crippen LogP contribution in [0.2, 0.25) is 0 Å². The van der Waals surface area contributed by atoms with E-state index < -0.39 is 0 Å². The summed E-state index contributed by atoms with van der Waals surface area (Å²) in [6.45, 7) is 8.53. The number of nitrogens with one attached hydrogen (secondary N) is 1. The minimum Gasteiger partial charge on any atom is -0.382 e. The van der Waals surface area contributed by atoms with Crippen LogP contribution in [0.5, 0.6) is 0 Å². The molecular formula is C30H35N5O2. The first-order valence-electron chi connectivity index (χ1n) is 13.1. The molecule has 0 bridgehead atoms. The molecule has 0 unspecified atom stereocenters. The average molecular weight is 498 g/mol. The second-order valence-corrected chi connectivity index (χ2v) is 9.38. The molecule has 0 fully saturated rings. The smallest absolute Gasteiger partial charge is 0.318 e. The van der Waals surface area contributed by atoms with Crippen molar-refractivity contribution in [1.82, 2.24) is 24.6 Å². The van der Waals surface area contributed by atoms with Crippen LogP contribution in [0.3, 0.4) is 0 Å². The molecule has 7 heteroatoms. The van der Waals surface area contributed by atoms with Gasteiger partial charge in [0.2, 0.25) is 0 Å². The fourth-order valence-electron chi connectivity index (χ4n) is 5.15. The fourth-order valence-corrected chi connectivity index (χ4v) is 5.15. The summed E-state index contributed by atoms with van der Waals surface area (Å²) in [6, 6.07) is 22.5. The number of rotatable bonds is 8. The van der Waals surface area contributed by atoms with Gasteiger partial charge in [-0.2, -0.15) is 5.10 Å². The third-order valence-corrected chi connectivity index (χ3v) is 6.87. The van der Waals surface area contributed by atoms with Crippen molar-refractivity contribution in [2.45, 2.75) is 46.2 Å². The summed E-state index contributed by atoms with van der Waals surface area (Å²) in [5, 5.41) is 8.18. The maximum absolute atomic E-state index is 13.8. The van der Waals surface area contributed by atoms with E-state index in [2.05, 4.69) is 78.5 Å². The summed E-state index contributed by atoms with van der Waals surface area (Å²) in [5.41, 5.74) is 6.36. The maximum Gasteiger partial charge on any atom is 0.318 e. The lowest BCUT2D eigenvalue weighted by molar-refractivity contribution is 0.143. The predicted molar refractivity (Wildman–Crippen MR) is 145 cm³/mol. The first-order valence-corrected chi connectivity index (χ1v) is 13.1. The zero-order valence-electron chi connectivity index (χ0n) is 21.9. The Balaban J connectivity index is 1.64. The highest BCUT2D eigenvalue weighted by molar-refractivity contribution is 5.76. The number of benzene rings is 2. The van der Waals surface area contributed by atoms with E-state index in [9.17, 15) is 4.79 Å². The zero-order chi connectivity index (χ0) is 25.8. The standard InChI is InChI=1S/C30H35N5O2/c1-4-26-25-21-34(30(36)31-17-11-19-37-5-2)28(23-13-9-12-22(3)20-23)27-16-10-18-33(27)29(25)35(32-26)24-14-7-6-8-15-24/h6-10,12-16,18,20,28H,4-5,11,17,19,21H2,1-3H3,(H,31,36)/t28-/m0/s1. The molecule has 0 saturated heterocycles. The van der Waals surface area contributed by atoms with Gasteiger partial charge >= 0.3 is 6.03 Å². The normalized spacial score (nSPS) is 14.7. The van der Waals surface area contributed by atoms with Crippen molar-refractivity contribution < 1.29 is 9.53 Å². The monoisotopic (exact) mass is 497 g/mol. The zero-order valence-corrected chi connectivity index (χ0v) is 21.9. The molecule has 0 radical (unpaired) electrons. The highest BCUT2D eigenvalue weighted by Crippen LogP contribution is 2.38. The Hall–Kier alpha value is -3.84. The highest BCUT2D eigenvalue weighted by Gasteiger charge is 2.36. The van der Waals surface area contributed by atoms with E-state index >= 15 is 0 Å². The molecule has 7 nitrogen and oxygen atoms in total. The number of hydrogen-bond acceptors (Lipinski definition) is 3. The first kappa shape index (κ1) is 24.8. The summed E-state index contributed by atoms with van der Waals surface area (Å²) in [6.07, 6.45) is 3.63. The molecule has 4 aromatic rings. The van der Waals surface area contributed by atoms with E-state index in [0.29, 0.717) is 26.3 Å². The second kappa shape index (κ2) is 11.0. The lowest BCUT2D eigenvalue weighted by Gasteiger charge is -2.31. The fraction of sp³-hybridized carbons (Fsp3) is 0.333. The Kier molecular flexibility index (Phi) is 7.42. The van der Waals surface area contributed by atoms with Gasteiger partial charge in [-0.05, 0) is 56.5 Å². The van der Waals surface area contributed by atoms with Gasteiger partial charge in [0.1, 0.15) is 5.82 Å². The largest absolute Gasteiger partial charge is 0.382 e. The van der Waals surface area contributed by atoms with Crippen LogP contribution >= 0.6 is 0 Å². The number of fused-ring (bicyclic) bond motifs is 3. The Morgan fingerprint density at radius 3 is 2.68 bits per heavy atom. The highest BCUT2D eigenvalue weighted by atomic mass is 16.5. The Bertz CT molecular complexity index is 1360. The number of para-hydroxylation sites is 1. The van der Waals surface area contributed by atoms with Crippen molar-refractivity contribution in [3.8, 4) is 11.5 Å². The van der Waals surface area contributed by atoms with Crippen LogP contribution in [0.25, 0.3) is 11.5 Å². The third-order valence-electron chi connectivity index (χ3n) is 6.87. The Labute approximate surface area is 218 Å². The first-order chi connectivity index (χ1) is 18.1. The van der Waals surface area contributed by atoms with Gasteiger partial charge in [-0.3, -0.25) is 0 Å². The van der Waals surface area contributed by atoms with Gasteiger partial charge in [0.15, 0.2) is 0 Å². The van der Waals surface area contributed by atoms with E-state index in [1.54, 1.807) is 0 Å². The molecule has 0 saturated carbocycles. The number of carbonyl (C=O) groups is 1. The van der Waals surface area contributed by atoms with Crippen LogP contribution in [0, 0.1) is 6.92 Å². The summed E-state index contributed by atoms with van der Waals surface area (Å²) in [4.78, 5) is 15.8. The molecule has 1 N–H and O–H groups in total. The SMILES string of the molecule is CCOCCCNC(=O)N1Cc2c(CC)nn(-c3ccccc3)c2-n2cccc2[C@@H]1c1cccc(C)c1. The number of aromatic nitrogens is 3. The molecule has 192 valence electrons. The van der Waals surface area contributed by atoms with Gasteiger partial charge in [-0.25, -0.2) is 9.48 Å². The van der Waals surface area contributed by atoms with Gasteiger partial charge in [0.05, 0.1) is 29.7 Å². The number of nitrogens with zero attached hydrogens (tertiary/aromatic N) is 4. The van der Waals surface area contributed by atoms with Crippen molar-refractivity contribution in [2.24, 2.45) is 0 Å². The van der Waals surface area contributed by atoms with Crippen LogP contribution in [0.1, 0.15) is 54.4 Å². The predicted octanol–water partition coefficient (Wildman–Crippen LogP) is 5.58. The molecule has 2 amide bonds. The summed E-state index contributed by atoms with van der Waals surface area (Å²) in [7, 11) is 0. The molecular weight excluding hydrogens is 462 g/mol. The molecule has 3 heterocycles.